The number of anilines is 2. The molecule has 1 amide bonds. The smallest absolute Gasteiger partial charge is 0.274 e. The Hall–Kier alpha value is -2.83. The van der Waals surface area contributed by atoms with E-state index in [1.165, 1.54) is 32.0 Å². The molecule has 2 aromatic rings. The zero-order valence-corrected chi connectivity index (χ0v) is 15.8. The highest BCUT2D eigenvalue weighted by molar-refractivity contribution is 6.04. The minimum absolute atomic E-state index is 0.297. The summed E-state index contributed by atoms with van der Waals surface area (Å²) in [7, 11) is 3.13. The topological polar surface area (TPSA) is 85.4 Å². The van der Waals surface area contributed by atoms with Gasteiger partial charge in [-0.2, -0.15) is 0 Å². The van der Waals surface area contributed by atoms with E-state index < -0.39 is 0 Å². The molecule has 7 nitrogen and oxygen atoms in total. The van der Waals surface area contributed by atoms with Crippen molar-refractivity contribution in [3.63, 3.8) is 0 Å². The highest BCUT2D eigenvalue weighted by Crippen LogP contribution is 2.29. The standard InChI is InChI=1S/C20H26N4O3/c1-26-15-9-10-18(27-2)16(11-15)24-20(25)17-12-19(22-13-21-17)23-14-7-5-3-4-6-8-14/h9-14H,3-8H2,1-2H3,(H,24,25)(H,21,22,23). The number of aromatic nitrogens is 2. The largest absolute Gasteiger partial charge is 0.497 e. The maximum absolute atomic E-state index is 12.7. The van der Waals surface area contributed by atoms with Gasteiger partial charge in [0.1, 0.15) is 29.3 Å². The predicted molar refractivity (Wildman–Crippen MR) is 105 cm³/mol. The quantitative estimate of drug-likeness (QED) is 0.751. The third-order valence-electron chi connectivity index (χ3n) is 4.76. The highest BCUT2D eigenvalue weighted by Gasteiger charge is 2.16. The minimum atomic E-state index is -0.326. The number of methoxy groups -OCH3 is 2. The van der Waals surface area contributed by atoms with Crippen LogP contribution in [0.2, 0.25) is 0 Å². The SMILES string of the molecule is COc1ccc(OC)c(NC(=O)c2cc(NC3CCCCCC3)ncn2)c1. The van der Waals surface area contributed by atoms with Crippen molar-refractivity contribution < 1.29 is 14.3 Å². The molecule has 27 heavy (non-hydrogen) atoms. The fourth-order valence-corrected chi connectivity index (χ4v) is 3.29. The highest BCUT2D eigenvalue weighted by atomic mass is 16.5. The van der Waals surface area contributed by atoms with Crippen LogP contribution in [0.25, 0.3) is 0 Å². The van der Waals surface area contributed by atoms with Crippen LogP contribution in [-0.4, -0.2) is 36.1 Å². The van der Waals surface area contributed by atoms with E-state index in [4.69, 9.17) is 9.47 Å². The fraction of sp³-hybridized carbons (Fsp3) is 0.450. The van der Waals surface area contributed by atoms with Crippen LogP contribution >= 0.6 is 0 Å². The lowest BCUT2D eigenvalue weighted by Gasteiger charge is -2.17. The second kappa shape index (κ2) is 9.21. The molecule has 0 bridgehead atoms. The average Bonchev–Trinajstić information content (AvgIpc) is 2.96. The lowest BCUT2D eigenvalue weighted by atomic mass is 10.1. The molecule has 1 aliphatic carbocycles. The van der Waals surface area contributed by atoms with Gasteiger partial charge < -0.3 is 20.1 Å². The molecule has 0 unspecified atom stereocenters. The Balaban J connectivity index is 1.72. The van der Waals surface area contributed by atoms with Crippen LogP contribution in [0.1, 0.15) is 49.0 Å². The van der Waals surface area contributed by atoms with Gasteiger partial charge in [-0.05, 0) is 25.0 Å². The van der Waals surface area contributed by atoms with Crippen LogP contribution in [0.3, 0.4) is 0 Å². The molecule has 144 valence electrons. The summed E-state index contributed by atoms with van der Waals surface area (Å²) in [5, 5.41) is 6.28. The van der Waals surface area contributed by atoms with Gasteiger partial charge in [0, 0.05) is 18.2 Å². The Morgan fingerprint density at radius 2 is 1.81 bits per heavy atom. The van der Waals surface area contributed by atoms with E-state index in [2.05, 4.69) is 20.6 Å². The fourth-order valence-electron chi connectivity index (χ4n) is 3.29. The van der Waals surface area contributed by atoms with Crippen molar-refractivity contribution >= 4 is 17.4 Å². The zero-order valence-electron chi connectivity index (χ0n) is 15.8. The summed E-state index contributed by atoms with van der Waals surface area (Å²) in [6.45, 7) is 0. The molecule has 7 heteroatoms. The van der Waals surface area contributed by atoms with Crippen molar-refractivity contribution in [1.82, 2.24) is 9.97 Å². The number of carbonyl (C=O) groups excluding carboxylic acids is 1. The summed E-state index contributed by atoms with van der Waals surface area (Å²) in [4.78, 5) is 21.0. The number of carbonyl (C=O) groups is 1. The molecular formula is C20H26N4O3. The second-order valence-corrected chi connectivity index (χ2v) is 6.64. The van der Waals surface area contributed by atoms with E-state index in [0.717, 1.165) is 12.8 Å². The van der Waals surface area contributed by atoms with Gasteiger partial charge in [0.05, 0.1) is 19.9 Å². The maximum atomic E-state index is 12.7. The van der Waals surface area contributed by atoms with E-state index in [1.807, 2.05) is 0 Å². The summed E-state index contributed by atoms with van der Waals surface area (Å²) < 4.78 is 10.5. The predicted octanol–water partition coefficient (Wildman–Crippen LogP) is 3.88. The zero-order chi connectivity index (χ0) is 19.1. The number of nitrogens with one attached hydrogen (secondary N) is 2. The Morgan fingerprint density at radius 1 is 1.04 bits per heavy atom. The van der Waals surface area contributed by atoms with Gasteiger partial charge in [0.25, 0.3) is 5.91 Å². The Morgan fingerprint density at radius 3 is 2.52 bits per heavy atom. The van der Waals surface area contributed by atoms with E-state index in [1.54, 1.807) is 38.5 Å². The van der Waals surface area contributed by atoms with Crippen molar-refractivity contribution in [2.24, 2.45) is 0 Å². The van der Waals surface area contributed by atoms with Gasteiger partial charge in [0.2, 0.25) is 0 Å². The molecule has 0 saturated heterocycles. The molecule has 0 atom stereocenters. The first-order chi connectivity index (χ1) is 13.2. The second-order valence-electron chi connectivity index (χ2n) is 6.64. The number of rotatable bonds is 6. The maximum Gasteiger partial charge on any atom is 0.274 e. The average molecular weight is 370 g/mol. The molecular weight excluding hydrogens is 344 g/mol. The van der Waals surface area contributed by atoms with Gasteiger partial charge in [0.15, 0.2) is 0 Å². The van der Waals surface area contributed by atoms with Crippen molar-refractivity contribution in [3.05, 3.63) is 36.3 Å². The summed E-state index contributed by atoms with van der Waals surface area (Å²) in [6.07, 6.45) is 8.71. The van der Waals surface area contributed by atoms with Crippen LogP contribution in [0.4, 0.5) is 11.5 Å². The van der Waals surface area contributed by atoms with Gasteiger partial charge in [-0.15, -0.1) is 0 Å². The number of hydrogen-bond donors (Lipinski definition) is 2. The summed E-state index contributed by atoms with van der Waals surface area (Å²) >= 11 is 0. The molecule has 0 spiro atoms. The van der Waals surface area contributed by atoms with Gasteiger partial charge in [-0.3, -0.25) is 4.79 Å². The third-order valence-corrected chi connectivity index (χ3v) is 4.76. The molecule has 3 rings (SSSR count). The molecule has 1 aliphatic rings. The van der Waals surface area contributed by atoms with Crippen LogP contribution in [0, 0.1) is 0 Å². The minimum Gasteiger partial charge on any atom is -0.497 e. The molecule has 1 aromatic carbocycles. The lowest BCUT2D eigenvalue weighted by Crippen LogP contribution is -2.20. The molecule has 1 saturated carbocycles. The lowest BCUT2D eigenvalue weighted by molar-refractivity contribution is 0.102. The van der Waals surface area contributed by atoms with Crippen LogP contribution in [0.15, 0.2) is 30.6 Å². The van der Waals surface area contributed by atoms with Crippen LogP contribution in [-0.2, 0) is 0 Å². The molecule has 0 aliphatic heterocycles. The Bertz CT molecular complexity index is 774. The molecule has 1 aromatic heterocycles. The van der Waals surface area contributed by atoms with E-state index in [0.29, 0.717) is 34.7 Å². The van der Waals surface area contributed by atoms with Crippen molar-refractivity contribution in [2.75, 3.05) is 24.9 Å². The van der Waals surface area contributed by atoms with Gasteiger partial charge in [-0.25, -0.2) is 9.97 Å². The third kappa shape index (κ3) is 5.09. The molecule has 1 heterocycles. The van der Waals surface area contributed by atoms with E-state index in [-0.39, 0.29) is 5.91 Å². The Kier molecular flexibility index (Phi) is 6.46. The molecule has 2 N–H and O–H groups in total. The first-order valence-electron chi connectivity index (χ1n) is 9.31. The van der Waals surface area contributed by atoms with Crippen molar-refractivity contribution in [2.45, 2.75) is 44.6 Å². The first kappa shape index (κ1) is 18.9. The number of amides is 1. The van der Waals surface area contributed by atoms with Gasteiger partial charge >= 0.3 is 0 Å². The number of benzene rings is 1. The Labute approximate surface area is 159 Å². The normalized spacial score (nSPS) is 14.9. The van der Waals surface area contributed by atoms with Crippen LogP contribution < -0.4 is 20.1 Å². The first-order valence-corrected chi connectivity index (χ1v) is 9.31. The summed E-state index contributed by atoms with van der Waals surface area (Å²) in [5.41, 5.74) is 0.824. The van der Waals surface area contributed by atoms with Crippen molar-refractivity contribution in [3.8, 4) is 11.5 Å². The molecule has 1 fully saturated rings. The van der Waals surface area contributed by atoms with Crippen LogP contribution in [0.5, 0.6) is 11.5 Å². The van der Waals surface area contributed by atoms with Gasteiger partial charge in [-0.1, -0.05) is 25.7 Å². The monoisotopic (exact) mass is 370 g/mol. The summed E-state index contributed by atoms with van der Waals surface area (Å²) in [6, 6.07) is 7.31. The number of hydrogen-bond acceptors (Lipinski definition) is 6. The van der Waals surface area contributed by atoms with Crippen molar-refractivity contribution in [1.29, 1.82) is 0 Å². The van der Waals surface area contributed by atoms with E-state index in [9.17, 15) is 4.79 Å². The van der Waals surface area contributed by atoms with E-state index >= 15 is 0 Å². The molecule has 0 radical (unpaired) electrons. The summed E-state index contributed by atoms with van der Waals surface area (Å²) in [5.74, 6) is 1.53. The number of nitrogens with zero attached hydrogens (tertiary/aromatic N) is 2. The number of ether oxygens (including phenoxy) is 2.